The number of anilines is 2. The zero-order chi connectivity index (χ0) is 23.4. The van der Waals surface area contributed by atoms with Crippen LogP contribution in [0.5, 0.6) is 0 Å². The van der Waals surface area contributed by atoms with Gasteiger partial charge in [0.1, 0.15) is 5.56 Å². The van der Waals surface area contributed by atoms with E-state index in [1.807, 2.05) is 32.2 Å². The van der Waals surface area contributed by atoms with Gasteiger partial charge in [0.2, 0.25) is 0 Å². The normalized spacial score (nSPS) is 11.1. The van der Waals surface area contributed by atoms with E-state index < -0.39 is 5.97 Å². The molecule has 0 radical (unpaired) electrons. The molecule has 0 aliphatic heterocycles. The van der Waals surface area contributed by atoms with Crippen molar-refractivity contribution < 1.29 is 9.90 Å². The Morgan fingerprint density at radius 3 is 2.52 bits per heavy atom. The quantitative estimate of drug-likeness (QED) is 0.393. The van der Waals surface area contributed by atoms with Crippen LogP contribution in [0.25, 0.3) is 5.82 Å². The number of pyridine rings is 1. The summed E-state index contributed by atoms with van der Waals surface area (Å²) in [5.74, 6) is -0.640. The van der Waals surface area contributed by atoms with Crippen molar-refractivity contribution in [2.24, 2.45) is 16.0 Å². The smallest absolute Gasteiger partial charge is 0.341 e. The highest BCUT2D eigenvalue weighted by Crippen LogP contribution is 2.31. The summed E-state index contributed by atoms with van der Waals surface area (Å²) in [4.78, 5) is 17.9. The number of aryl methyl sites for hydroxylation is 1. The van der Waals surface area contributed by atoms with Crippen molar-refractivity contribution >= 4 is 28.8 Å². The average molecular weight is 441 g/mol. The third-order valence-electron chi connectivity index (χ3n) is 5.18. The topological polar surface area (TPSA) is 122 Å². The van der Waals surface area contributed by atoms with Gasteiger partial charge >= 0.3 is 5.97 Å². The lowest BCUT2D eigenvalue weighted by atomic mass is 10.1. The van der Waals surface area contributed by atoms with Crippen LogP contribution in [-0.2, 0) is 6.54 Å². The number of carboxylic acid groups (broad SMARTS) is 1. The van der Waals surface area contributed by atoms with Gasteiger partial charge in [-0.3, -0.25) is 0 Å². The molecule has 0 fully saturated rings. The number of aromatic nitrogens is 3. The van der Waals surface area contributed by atoms with Crippen LogP contribution in [0.4, 0.5) is 22.9 Å². The summed E-state index contributed by atoms with van der Waals surface area (Å²) in [6, 6.07) is 19.1. The van der Waals surface area contributed by atoms with Gasteiger partial charge < -0.3 is 15.7 Å². The molecule has 0 spiro atoms. The fourth-order valence-electron chi connectivity index (χ4n) is 3.30. The number of benzene rings is 2. The third kappa shape index (κ3) is 4.63. The number of aromatic carboxylic acids is 1. The van der Waals surface area contributed by atoms with Gasteiger partial charge in [-0.2, -0.15) is 9.78 Å². The summed E-state index contributed by atoms with van der Waals surface area (Å²) in [6.07, 6.45) is 2.82. The van der Waals surface area contributed by atoms with Crippen LogP contribution >= 0.6 is 0 Å². The van der Waals surface area contributed by atoms with E-state index in [0.717, 1.165) is 16.9 Å². The van der Waals surface area contributed by atoms with E-state index in [1.54, 1.807) is 24.4 Å². The Hall–Kier alpha value is -4.37. The van der Waals surface area contributed by atoms with Crippen molar-refractivity contribution in [3.05, 3.63) is 89.7 Å². The van der Waals surface area contributed by atoms with Crippen molar-refractivity contribution in [3.63, 3.8) is 0 Å². The maximum Gasteiger partial charge on any atom is 0.341 e. The molecule has 0 aliphatic rings. The lowest BCUT2D eigenvalue weighted by Crippen LogP contribution is -2.10. The maximum absolute atomic E-state index is 11.7. The second kappa shape index (κ2) is 9.41. The Bertz CT molecular complexity index is 1300. The van der Waals surface area contributed by atoms with Crippen molar-refractivity contribution in [1.29, 1.82) is 0 Å². The van der Waals surface area contributed by atoms with E-state index in [4.69, 9.17) is 5.73 Å². The predicted octanol–water partition coefficient (Wildman–Crippen LogP) is 4.92. The number of carbonyl (C=O) groups is 1. The molecule has 2 aromatic heterocycles. The summed E-state index contributed by atoms with van der Waals surface area (Å²) in [5.41, 5.74) is 10.4. The first-order chi connectivity index (χ1) is 16.0. The van der Waals surface area contributed by atoms with Crippen molar-refractivity contribution in [2.75, 3.05) is 11.9 Å². The largest absolute Gasteiger partial charge is 0.477 e. The van der Waals surface area contributed by atoms with Crippen LogP contribution in [0.1, 0.15) is 21.5 Å². The lowest BCUT2D eigenvalue weighted by molar-refractivity contribution is 0.0697. The van der Waals surface area contributed by atoms with Crippen LogP contribution in [0, 0.1) is 6.92 Å². The molecule has 4 rings (SSSR count). The molecule has 2 heterocycles. The number of nitrogens with zero attached hydrogens (tertiary/aromatic N) is 6. The number of carboxylic acids is 1. The molecule has 33 heavy (non-hydrogen) atoms. The summed E-state index contributed by atoms with van der Waals surface area (Å²) in [5, 5.41) is 22.2. The minimum absolute atomic E-state index is 0.0741. The molecule has 0 bridgehead atoms. The van der Waals surface area contributed by atoms with Gasteiger partial charge in [0, 0.05) is 31.2 Å². The van der Waals surface area contributed by atoms with E-state index in [9.17, 15) is 9.90 Å². The van der Waals surface area contributed by atoms with Gasteiger partial charge in [-0.1, -0.05) is 23.8 Å². The van der Waals surface area contributed by atoms with Crippen molar-refractivity contribution in [2.45, 2.75) is 13.5 Å². The van der Waals surface area contributed by atoms with E-state index in [-0.39, 0.29) is 17.9 Å². The Balaban J connectivity index is 1.68. The summed E-state index contributed by atoms with van der Waals surface area (Å²) in [6.45, 7) is 2.29. The fraction of sp³-hybridized carbons (Fsp3) is 0.125. The van der Waals surface area contributed by atoms with Crippen molar-refractivity contribution in [3.8, 4) is 5.82 Å². The van der Waals surface area contributed by atoms with Gasteiger partial charge in [0.05, 0.1) is 11.9 Å². The van der Waals surface area contributed by atoms with Crippen LogP contribution in [-0.4, -0.2) is 32.9 Å². The third-order valence-corrected chi connectivity index (χ3v) is 5.18. The Kier molecular flexibility index (Phi) is 6.23. The zero-order valence-corrected chi connectivity index (χ0v) is 18.3. The number of rotatable bonds is 7. The molecule has 0 atom stereocenters. The second-order valence-electron chi connectivity index (χ2n) is 7.40. The van der Waals surface area contributed by atoms with Crippen LogP contribution in [0.3, 0.4) is 0 Å². The minimum Gasteiger partial charge on any atom is -0.477 e. The molecule has 9 nitrogen and oxygen atoms in total. The average Bonchev–Trinajstić information content (AvgIpc) is 3.27. The molecule has 3 N–H and O–H groups in total. The van der Waals surface area contributed by atoms with E-state index >= 15 is 0 Å². The molecule has 0 saturated heterocycles. The van der Waals surface area contributed by atoms with Gasteiger partial charge in [0.15, 0.2) is 11.6 Å². The molecule has 2 aromatic carbocycles. The Labute approximate surface area is 190 Å². The maximum atomic E-state index is 11.7. The molecule has 4 aromatic rings. The predicted molar refractivity (Wildman–Crippen MR) is 126 cm³/mol. The van der Waals surface area contributed by atoms with Gasteiger partial charge in [-0.15, -0.1) is 10.2 Å². The summed E-state index contributed by atoms with van der Waals surface area (Å²) in [7, 11) is 1.98. The van der Waals surface area contributed by atoms with E-state index in [2.05, 4.69) is 49.5 Å². The van der Waals surface area contributed by atoms with Crippen LogP contribution in [0.2, 0.25) is 0 Å². The standard InChI is InChI=1S/C24H23N7O2/c1-16-6-8-18(9-7-16)30(2)19-10-11-21(17(13-19)14-25)28-29-23-20(24(32)33)15-27-31(23)22-5-3-4-12-26-22/h3-13,15H,14,25H2,1-2H3,(H,32,33). The monoisotopic (exact) mass is 441 g/mol. The first-order valence-corrected chi connectivity index (χ1v) is 10.3. The molecule has 0 unspecified atom stereocenters. The molecular formula is C24H23N7O2. The second-order valence-corrected chi connectivity index (χ2v) is 7.40. The molecule has 9 heteroatoms. The molecule has 0 amide bonds. The first-order valence-electron chi connectivity index (χ1n) is 10.3. The molecule has 166 valence electrons. The van der Waals surface area contributed by atoms with Crippen LogP contribution < -0.4 is 10.6 Å². The van der Waals surface area contributed by atoms with E-state index in [0.29, 0.717) is 11.5 Å². The SMILES string of the molecule is Cc1ccc(N(C)c2ccc(N=Nc3c(C(=O)O)cnn3-c3ccccn3)c(CN)c2)cc1. The summed E-state index contributed by atoms with van der Waals surface area (Å²) < 4.78 is 1.34. The number of hydrogen-bond donors (Lipinski definition) is 2. The lowest BCUT2D eigenvalue weighted by Gasteiger charge is -2.21. The van der Waals surface area contributed by atoms with Gasteiger partial charge in [-0.05, 0) is 55.0 Å². The number of nitrogens with two attached hydrogens (primary N) is 1. The highest BCUT2D eigenvalue weighted by atomic mass is 16.4. The Morgan fingerprint density at radius 2 is 1.85 bits per heavy atom. The first kappa shape index (κ1) is 21.8. The number of hydrogen-bond acceptors (Lipinski definition) is 7. The molecule has 0 saturated carbocycles. The summed E-state index contributed by atoms with van der Waals surface area (Å²) >= 11 is 0. The highest BCUT2D eigenvalue weighted by Gasteiger charge is 2.18. The molecular weight excluding hydrogens is 418 g/mol. The van der Waals surface area contributed by atoms with Gasteiger partial charge in [0.25, 0.3) is 0 Å². The highest BCUT2D eigenvalue weighted by molar-refractivity contribution is 5.92. The van der Waals surface area contributed by atoms with Gasteiger partial charge in [-0.25, -0.2) is 9.78 Å². The Morgan fingerprint density at radius 1 is 1.09 bits per heavy atom. The minimum atomic E-state index is -1.15. The van der Waals surface area contributed by atoms with Crippen molar-refractivity contribution in [1.82, 2.24) is 14.8 Å². The zero-order valence-electron chi connectivity index (χ0n) is 18.3. The molecule has 0 aliphatic carbocycles. The fourth-order valence-corrected chi connectivity index (χ4v) is 3.30. The van der Waals surface area contributed by atoms with Crippen LogP contribution in [0.15, 0.2) is 83.3 Å². The van der Waals surface area contributed by atoms with E-state index in [1.165, 1.54) is 16.4 Å². The number of azo groups is 1.